The predicted molar refractivity (Wildman–Crippen MR) is 108 cm³/mol. The Balaban J connectivity index is 1.55. The Labute approximate surface area is 169 Å². The molecule has 1 heterocycles. The molecule has 0 radical (unpaired) electrons. The minimum atomic E-state index is -0.391. The molecule has 1 amide bonds. The number of thioether (sulfide) groups is 1. The van der Waals surface area contributed by atoms with E-state index in [0.29, 0.717) is 15.2 Å². The van der Waals surface area contributed by atoms with Crippen LogP contribution in [0.5, 0.6) is 0 Å². The SMILES string of the molecule is CC(Sc1nnc(Nc2cccc(F)c2)s1)C(=O)NC(C)c1ccc(F)cc1. The first-order chi connectivity index (χ1) is 13.4. The van der Waals surface area contributed by atoms with Gasteiger partial charge in [-0.2, -0.15) is 0 Å². The van der Waals surface area contributed by atoms with Gasteiger partial charge in [-0.15, -0.1) is 10.2 Å². The minimum Gasteiger partial charge on any atom is -0.349 e. The third kappa shape index (κ3) is 5.49. The number of halogens is 2. The maximum Gasteiger partial charge on any atom is 0.233 e. The van der Waals surface area contributed by atoms with Crippen LogP contribution in [0.4, 0.5) is 19.6 Å². The predicted octanol–water partition coefficient (Wildman–Crippen LogP) is 4.92. The average molecular weight is 421 g/mol. The number of carbonyl (C=O) groups excluding carboxylic acids is 1. The molecule has 0 aliphatic heterocycles. The van der Waals surface area contributed by atoms with Gasteiger partial charge in [-0.1, -0.05) is 41.3 Å². The summed E-state index contributed by atoms with van der Waals surface area (Å²) in [6.45, 7) is 3.62. The van der Waals surface area contributed by atoms with Gasteiger partial charge in [0.25, 0.3) is 0 Å². The zero-order chi connectivity index (χ0) is 20.1. The maximum atomic E-state index is 13.2. The monoisotopic (exact) mass is 420 g/mol. The van der Waals surface area contributed by atoms with Crippen molar-refractivity contribution in [2.24, 2.45) is 0 Å². The molecule has 2 unspecified atom stereocenters. The number of carbonyl (C=O) groups is 1. The second-order valence-corrected chi connectivity index (χ2v) is 8.62. The fourth-order valence-electron chi connectivity index (χ4n) is 2.37. The molecule has 0 saturated heterocycles. The molecule has 0 aliphatic carbocycles. The van der Waals surface area contributed by atoms with Crippen molar-refractivity contribution in [3.63, 3.8) is 0 Å². The van der Waals surface area contributed by atoms with Crippen molar-refractivity contribution in [1.29, 1.82) is 0 Å². The van der Waals surface area contributed by atoms with Crippen LogP contribution in [0.25, 0.3) is 0 Å². The number of anilines is 2. The van der Waals surface area contributed by atoms with Crippen molar-refractivity contribution in [2.45, 2.75) is 29.5 Å². The second kappa shape index (κ2) is 9.11. The lowest BCUT2D eigenvalue weighted by molar-refractivity contribution is -0.120. The Morgan fingerprint density at radius 2 is 1.82 bits per heavy atom. The Hall–Kier alpha value is -2.52. The highest BCUT2D eigenvalue weighted by Gasteiger charge is 2.19. The summed E-state index contributed by atoms with van der Waals surface area (Å²) in [4.78, 5) is 12.4. The number of hydrogen-bond acceptors (Lipinski definition) is 6. The number of benzene rings is 2. The van der Waals surface area contributed by atoms with Gasteiger partial charge in [-0.25, -0.2) is 8.78 Å². The van der Waals surface area contributed by atoms with Gasteiger partial charge in [0, 0.05) is 5.69 Å². The van der Waals surface area contributed by atoms with E-state index in [1.165, 1.54) is 47.4 Å². The Bertz CT molecular complexity index is 949. The Kier molecular flexibility index (Phi) is 6.58. The molecule has 0 saturated carbocycles. The van der Waals surface area contributed by atoms with Gasteiger partial charge in [0.1, 0.15) is 11.6 Å². The lowest BCUT2D eigenvalue weighted by Crippen LogP contribution is -2.33. The van der Waals surface area contributed by atoms with Crippen molar-refractivity contribution < 1.29 is 13.6 Å². The average Bonchev–Trinajstić information content (AvgIpc) is 3.09. The summed E-state index contributed by atoms with van der Waals surface area (Å²) in [5.74, 6) is -0.813. The standard InChI is InChI=1S/C19H18F2N4OS2/c1-11(13-6-8-14(20)9-7-13)22-17(26)12(2)27-19-25-24-18(28-19)23-16-5-3-4-15(21)10-16/h3-12H,1-2H3,(H,22,26)(H,23,24). The van der Waals surface area contributed by atoms with Gasteiger partial charge in [-0.05, 0) is 49.7 Å². The fourth-order valence-corrected chi connectivity index (χ4v) is 4.29. The minimum absolute atomic E-state index is 0.156. The second-order valence-electron chi connectivity index (χ2n) is 6.05. The lowest BCUT2D eigenvalue weighted by Gasteiger charge is -2.17. The molecular weight excluding hydrogens is 402 g/mol. The van der Waals surface area contributed by atoms with Crippen molar-refractivity contribution >= 4 is 39.8 Å². The normalized spacial score (nSPS) is 13.0. The Morgan fingerprint density at radius 1 is 1.07 bits per heavy atom. The number of aromatic nitrogens is 2. The first-order valence-electron chi connectivity index (χ1n) is 8.49. The lowest BCUT2D eigenvalue weighted by atomic mass is 10.1. The van der Waals surface area contributed by atoms with E-state index in [-0.39, 0.29) is 23.6 Å². The summed E-state index contributed by atoms with van der Waals surface area (Å²) in [7, 11) is 0. The number of nitrogens with one attached hydrogen (secondary N) is 2. The fraction of sp³-hybridized carbons (Fsp3) is 0.211. The van der Waals surface area contributed by atoms with E-state index in [1.54, 1.807) is 31.2 Å². The van der Waals surface area contributed by atoms with E-state index >= 15 is 0 Å². The van der Waals surface area contributed by atoms with Crippen LogP contribution < -0.4 is 10.6 Å². The molecule has 3 aromatic rings. The third-order valence-corrected chi connectivity index (χ3v) is 5.88. The molecule has 146 valence electrons. The van der Waals surface area contributed by atoms with Crippen LogP contribution in [-0.2, 0) is 4.79 Å². The van der Waals surface area contributed by atoms with Crippen molar-refractivity contribution in [2.75, 3.05) is 5.32 Å². The van der Waals surface area contributed by atoms with Crippen LogP contribution in [0.15, 0.2) is 52.9 Å². The molecule has 0 spiro atoms. The summed E-state index contributed by atoms with van der Waals surface area (Å²) in [6, 6.07) is 11.8. The molecule has 28 heavy (non-hydrogen) atoms. The van der Waals surface area contributed by atoms with E-state index in [0.717, 1.165) is 5.56 Å². The van der Waals surface area contributed by atoms with Gasteiger partial charge in [0.15, 0.2) is 4.34 Å². The molecular formula is C19H18F2N4OS2. The van der Waals surface area contributed by atoms with Gasteiger partial charge >= 0.3 is 0 Å². The van der Waals surface area contributed by atoms with Crippen LogP contribution in [0.1, 0.15) is 25.5 Å². The molecule has 2 aromatic carbocycles. The zero-order valence-corrected chi connectivity index (χ0v) is 16.8. The highest BCUT2D eigenvalue weighted by atomic mass is 32.2. The van der Waals surface area contributed by atoms with Crippen molar-refractivity contribution in [1.82, 2.24) is 15.5 Å². The molecule has 0 aliphatic rings. The number of amides is 1. The highest BCUT2D eigenvalue weighted by molar-refractivity contribution is 8.02. The van der Waals surface area contributed by atoms with Crippen molar-refractivity contribution in [3.05, 3.63) is 65.7 Å². The van der Waals surface area contributed by atoms with Gasteiger partial charge < -0.3 is 10.6 Å². The van der Waals surface area contributed by atoms with Crippen LogP contribution in [0.3, 0.4) is 0 Å². The number of rotatable bonds is 7. The smallest absolute Gasteiger partial charge is 0.233 e. The topological polar surface area (TPSA) is 66.9 Å². The molecule has 0 fully saturated rings. The third-order valence-electron chi connectivity index (χ3n) is 3.86. The maximum absolute atomic E-state index is 13.2. The molecule has 9 heteroatoms. The van der Waals surface area contributed by atoms with E-state index in [4.69, 9.17) is 0 Å². The number of nitrogens with zero attached hydrogens (tertiary/aromatic N) is 2. The van der Waals surface area contributed by atoms with E-state index in [1.807, 2.05) is 6.92 Å². The first kappa shape index (κ1) is 20.2. The first-order valence-corrected chi connectivity index (χ1v) is 10.2. The van der Waals surface area contributed by atoms with Crippen LogP contribution in [0.2, 0.25) is 0 Å². The largest absolute Gasteiger partial charge is 0.349 e. The van der Waals surface area contributed by atoms with Gasteiger partial charge in [0.05, 0.1) is 11.3 Å². The zero-order valence-electron chi connectivity index (χ0n) is 15.1. The molecule has 2 atom stereocenters. The summed E-state index contributed by atoms with van der Waals surface area (Å²) in [5, 5.41) is 14.1. The highest BCUT2D eigenvalue weighted by Crippen LogP contribution is 2.30. The van der Waals surface area contributed by atoms with Crippen LogP contribution >= 0.6 is 23.1 Å². The van der Waals surface area contributed by atoms with E-state index < -0.39 is 5.25 Å². The Morgan fingerprint density at radius 3 is 2.54 bits per heavy atom. The van der Waals surface area contributed by atoms with Crippen molar-refractivity contribution in [3.8, 4) is 0 Å². The summed E-state index contributed by atoms with van der Waals surface area (Å²) >= 11 is 2.57. The molecule has 2 N–H and O–H groups in total. The van der Waals surface area contributed by atoms with E-state index in [9.17, 15) is 13.6 Å². The van der Waals surface area contributed by atoms with Gasteiger partial charge in [0.2, 0.25) is 11.0 Å². The summed E-state index contributed by atoms with van der Waals surface area (Å²) in [6.07, 6.45) is 0. The molecule has 5 nitrogen and oxygen atoms in total. The number of hydrogen-bond donors (Lipinski definition) is 2. The molecule has 3 rings (SSSR count). The quantitative estimate of drug-likeness (QED) is 0.531. The van der Waals surface area contributed by atoms with Crippen LogP contribution in [0, 0.1) is 11.6 Å². The van der Waals surface area contributed by atoms with Gasteiger partial charge in [-0.3, -0.25) is 4.79 Å². The molecule has 1 aromatic heterocycles. The van der Waals surface area contributed by atoms with E-state index in [2.05, 4.69) is 20.8 Å². The van der Waals surface area contributed by atoms with Crippen LogP contribution in [-0.4, -0.2) is 21.4 Å². The summed E-state index contributed by atoms with van der Waals surface area (Å²) < 4.78 is 26.9. The summed E-state index contributed by atoms with van der Waals surface area (Å²) in [5.41, 5.74) is 1.40. The molecule has 0 bridgehead atoms.